The van der Waals surface area contributed by atoms with Crippen LogP contribution < -0.4 is 21.5 Å². The monoisotopic (exact) mass is 750 g/mol. The molecule has 0 radical (unpaired) electrons. The van der Waals surface area contributed by atoms with Gasteiger partial charge in [-0.15, -0.1) is 0 Å². The van der Waals surface area contributed by atoms with E-state index in [9.17, 15) is 49.1 Å². The largest absolute Gasteiger partial charge is 0.383 e. The number of benzene rings is 3. The molecule has 4 aromatic carbocycles. The molecule has 1 fully saturated rings. The first-order valence-corrected chi connectivity index (χ1v) is 17.7. The Balaban J connectivity index is 1.54. The summed E-state index contributed by atoms with van der Waals surface area (Å²) < 4.78 is 115. The van der Waals surface area contributed by atoms with Gasteiger partial charge >= 0.3 is 0 Å². The Labute approximate surface area is 296 Å². The minimum absolute atomic E-state index is 0.0271. The highest BCUT2D eigenvalue weighted by molar-refractivity contribution is 7.89. The third-order valence-electron chi connectivity index (χ3n) is 8.88. The first-order valence-electron chi connectivity index (χ1n) is 16.3. The van der Waals surface area contributed by atoms with Crippen molar-refractivity contribution in [1.82, 2.24) is 9.21 Å². The minimum atomic E-state index is -5.72. The second-order valence-electron chi connectivity index (χ2n) is 13.7. The summed E-state index contributed by atoms with van der Waals surface area (Å²) in [4.78, 5) is 37.2. The molecule has 9 nitrogen and oxygen atoms in total. The molecule has 0 aromatic heterocycles. The van der Waals surface area contributed by atoms with E-state index in [1.54, 1.807) is 0 Å². The van der Waals surface area contributed by atoms with Crippen molar-refractivity contribution in [1.29, 1.82) is 0 Å². The zero-order valence-corrected chi connectivity index (χ0v) is 29.5. The van der Waals surface area contributed by atoms with Crippen LogP contribution in [0.2, 0.25) is 0 Å². The Kier molecular flexibility index (Phi) is 10.9. The molecule has 1 amide bonds. The van der Waals surface area contributed by atoms with E-state index in [4.69, 9.17) is 0 Å². The summed E-state index contributed by atoms with van der Waals surface area (Å²) in [6.07, 6.45) is 1.94. The molecule has 1 aliphatic rings. The summed E-state index contributed by atoms with van der Waals surface area (Å²) in [6.45, 7) is 3.30. The van der Waals surface area contributed by atoms with Crippen LogP contribution in [0.4, 0.5) is 37.7 Å². The van der Waals surface area contributed by atoms with E-state index in [-0.39, 0.29) is 46.3 Å². The number of hydrogen-bond donors (Lipinski definition) is 2. The van der Waals surface area contributed by atoms with E-state index in [2.05, 4.69) is 16.7 Å². The standard InChI is InChI=1S/C36H36F6N4O5S/c1-36(2,3)23-14-19(13-22(15-23)20-9-10-20)16-45(12-11-44-32-31(43-4)33(48)34(32)49)25(47)18-46(17-21-7-5-6-8-24(21)37)52(50,51)35-29(41)27(39)26(38)28(40)30(35)42/h5-8,13-15,20,43-44H,9-12,16-18H2,1-4H3. The van der Waals surface area contributed by atoms with Gasteiger partial charge in [-0.2, -0.15) is 4.31 Å². The lowest BCUT2D eigenvalue weighted by molar-refractivity contribution is -0.132. The van der Waals surface area contributed by atoms with E-state index < -0.39 is 79.7 Å². The van der Waals surface area contributed by atoms with E-state index in [1.807, 2.05) is 32.9 Å². The molecular formula is C36H36F6N4O5S. The molecule has 0 unspecified atom stereocenters. The maximum atomic E-state index is 14.9. The van der Waals surface area contributed by atoms with Crippen LogP contribution in [0.25, 0.3) is 0 Å². The molecule has 5 rings (SSSR count). The average Bonchev–Trinajstić information content (AvgIpc) is 3.95. The van der Waals surface area contributed by atoms with Crippen molar-refractivity contribution in [2.24, 2.45) is 0 Å². The Morgan fingerprint density at radius 3 is 2.02 bits per heavy atom. The van der Waals surface area contributed by atoms with Gasteiger partial charge < -0.3 is 15.5 Å². The molecule has 16 heteroatoms. The maximum absolute atomic E-state index is 14.9. The Bertz CT molecular complexity index is 2180. The van der Waals surface area contributed by atoms with Crippen LogP contribution >= 0.6 is 0 Å². The fraction of sp³-hybridized carbons (Fsp3) is 0.361. The van der Waals surface area contributed by atoms with Gasteiger partial charge in [-0.25, -0.2) is 34.8 Å². The van der Waals surface area contributed by atoms with E-state index in [0.717, 1.165) is 36.1 Å². The normalized spacial score (nSPS) is 13.5. The number of amides is 1. The fourth-order valence-electron chi connectivity index (χ4n) is 5.76. The SMILES string of the molecule is CNc1c(NCCN(Cc2cc(C3CC3)cc(C(C)(C)C)c2)C(=O)CN(Cc2ccccc2F)S(=O)(=O)c2c(F)c(F)c(F)c(F)c2F)c(=O)c1=O. The fourth-order valence-corrected chi connectivity index (χ4v) is 7.24. The lowest BCUT2D eigenvalue weighted by atomic mass is 9.84. The lowest BCUT2D eigenvalue weighted by Crippen LogP contribution is -2.45. The van der Waals surface area contributed by atoms with Crippen molar-refractivity contribution in [3.8, 4) is 0 Å². The molecular weight excluding hydrogens is 714 g/mol. The molecule has 1 aliphatic carbocycles. The summed E-state index contributed by atoms with van der Waals surface area (Å²) in [5, 5.41) is 5.40. The first kappa shape index (κ1) is 38.5. The van der Waals surface area contributed by atoms with Crippen molar-refractivity contribution in [3.63, 3.8) is 0 Å². The minimum Gasteiger partial charge on any atom is -0.383 e. The summed E-state index contributed by atoms with van der Waals surface area (Å²) in [6, 6.07) is 10.5. The van der Waals surface area contributed by atoms with Gasteiger partial charge in [0, 0.05) is 38.8 Å². The second kappa shape index (κ2) is 14.7. The zero-order chi connectivity index (χ0) is 38.3. The second-order valence-corrected chi connectivity index (χ2v) is 15.5. The third-order valence-corrected chi connectivity index (χ3v) is 10.7. The molecule has 4 aromatic rings. The number of rotatable bonds is 14. The number of hydrogen-bond acceptors (Lipinski definition) is 7. The highest BCUT2D eigenvalue weighted by atomic mass is 32.2. The zero-order valence-electron chi connectivity index (χ0n) is 28.7. The van der Waals surface area contributed by atoms with Gasteiger partial charge in [0.2, 0.25) is 21.7 Å². The number of halogens is 6. The van der Waals surface area contributed by atoms with E-state index in [0.29, 0.717) is 11.5 Å². The molecule has 0 heterocycles. The predicted octanol–water partition coefficient (Wildman–Crippen LogP) is 5.67. The summed E-state index contributed by atoms with van der Waals surface area (Å²) >= 11 is 0. The molecule has 0 bridgehead atoms. The number of nitrogens with zero attached hydrogens (tertiary/aromatic N) is 2. The van der Waals surface area contributed by atoms with Gasteiger partial charge in [-0.3, -0.25) is 14.4 Å². The number of carbonyl (C=O) groups excluding carboxylic acids is 1. The van der Waals surface area contributed by atoms with Crippen molar-refractivity contribution >= 4 is 27.3 Å². The van der Waals surface area contributed by atoms with Crippen molar-refractivity contribution < 1.29 is 39.6 Å². The highest BCUT2D eigenvalue weighted by Gasteiger charge is 2.39. The van der Waals surface area contributed by atoms with Gasteiger partial charge in [-0.05, 0) is 46.9 Å². The predicted molar refractivity (Wildman–Crippen MR) is 182 cm³/mol. The summed E-state index contributed by atoms with van der Waals surface area (Å²) in [5.74, 6) is -14.6. The van der Waals surface area contributed by atoms with Crippen LogP contribution in [-0.2, 0) is 33.3 Å². The van der Waals surface area contributed by atoms with E-state index >= 15 is 0 Å². The average molecular weight is 751 g/mol. The molecule has 0 spiro atoms. The smallest absolute Gasteiger partial charge is 0.253 e. The van der Waals surface area contributed by atoms with Gasteiger partial charge in [0.1, 0.15) is 17.2 Å². The molecule has 0 atom stereocenters. The van der Waals surface area contributed by atoms with Crippen LogP contribution in [0, 0.1) is 34.9 Å². The Morgan fingerprint density at radius 1 is 0.846 bits per heavy atom. The molecule has 0 aliphatic heterocycles. The molecule has 2 N–H and O–H groups in total. The molecule has 52 heavy (non-hydrogen) atoms. The number of anilines is 2. The third kappa shape index (κ3) is 7.72. The van der Waals surface area contributed by atoms with Crippen LogP contribution in [-0.4, -0.2) is 50.2 Å². The molecule has 278 valence electrons. The van der Waals surface area contributed by atoms with Crippen LogP contribution in [0.3, 0.4) is 0 Å². The summed E-state index contributed by atoms with van der Waals surface area (Å²) in [7, 11) is -4.28. The quantitative estimate of drug-likeness (QED) is 0.0740. The lowest BCUT2D eigenvalue weighted by Gasteiger charge is -2.29. The number of carbonyl (C=O) groups is 1. The van der Waals surface area contributed by atoms with Gasteiger partial charge in [0.15, 0.2) is 28.2 Å². The highest BCUT2D eigenvalue weighted by Crippen LogP contribution is 2.42. The van der Waals surface area contributed by atoms with Gasteiger partial charge in [0.25, 0.3) is 10.9 Å². The van der Waals surface area contributed by atoms with Crippen LogP contribution in [0.15, 0.2) is 56.9 Å². The topological polar surface area (TPSA) is 116 Å². The maximum Gasteiger partial charge on any atom is 0.253 e. The molecule has 1 saturated carbocycles. The number of sulfonamides is 1. The van der Waals surface area contributed by atoms with Gasteiger partial charge in [-0.1, -0.05) is 57.2 Å². The van der Waals surface area contributed by atoms with Crippen LogP contribution in [0.1, 0.15) is 61.8 Å². The molecule has 0 saturated heterocycles. The van der Waals surface area contributed by atoms with Crippen LogP contribution in [0.5, 0.6) is 0 Å². The van der Waals surface area contributed by atoms with Gasteiger partial charge in [0.05, 0.1) is 6.54 Å². The Hall–Kier alpha value is -4.70. The van der Waals surface area contributed by atoms with Crippen molar-refractivity contribution in [3.05, 3.63) is 120 Å². The first-order chi connectivity index (χ1) is 24.4. The summed E-state index contributed by atoms with van der Waals surface area (Å²) in [5.41, 5.74) is 0.437. The Morgan fingerprint density at radius 2 is 1.44 bits per heavy atom. The number of nitrogens with one attached hydrogen (secondary N) is 2. The van der Waals surface area contributed by atoms with Crippen molar-refractivity contribution in [2.45, 2.75) is 62.9 Å². The van der Waals surface area contributed by atoms with Crippen molar-refractivity contribution in [2.75, 3.05) is 37.3 Å². The van der Waals surface area contributed by atoms with E-state index in [1.165, 1.54) is 24.1 Å².